The Labute approximate surface area is 358 Å². The number of nitro benzene ring substituents is 1. The van der Waals surface area contributed by atoms with Gasteiger partial charge >= 0.3 is 6.09 Å². The lowest BCUT2D eigenvalue weighted by Crippen LogP contribution is -2.27. The molecule has 1 N–H and O–H groups in total. The van der Waals surface area contributed by atoms with Gasteiger partial charge in [-0.15, -0.1) is 0 Å². The average molecular weight is 859 g/mol. The van der Waals surface area contributed by atoms with E-state index in [1.54, 1.807) is 12.1 Å². The Kier molecular flexibility index (Phi) is 26.3. The van der Waals surface area contributed by atoms with E-state index in [0.717, 1.165) is 0 Å². The summed E-state index contributed by atoms with van der Waals surface area (Å²) >= 11 is 0. The highest BCUT2D eigenvalue weighted by Crippen LogP contribution is 2.44. The maximum Gasteiger partial charge on any atom is 0.407 e. The molecule has 0 fully saturated rings. The minimum absolute atomic E-state index is 0.0216. The van der Waals surface area contributed by atoms with E-state index in [1.807, 2.05) is 24.3 Å². The Bertz CT molecular complexity index is 1550. The van der Waals surface area contributed by atoms with Gasteiger partial charge in [0.25, 0.3) is 5.69 Å². The molecule has 17 nitrogen and oxygen atoms in total. The van der Waals surface area contributed by atoms with E-state index in [2.05, 4.69) is 29.6 Å². The molecule has 0 saturated heterocycles. The first-order chi connectivity index (χ1) is 30.1. The Morgan fingerprint density at radius 2 is 0.852 bits per heavy atom. The van der Waals surface area contributed by atoms with Crippen molar-refractivity contribution >= 4 is 11.8 Å². The highest BCUT2D eigenvalue weighted by molar-refractivity contribution is 5.79. The molecular weight excluding hydrogens is 796 g/mol. The predicted molar refractivity (Wildman–Crippen MR) is 224 cm³/mol. The van der Waals surface area contributed by atoms with Crippen LogP contribution < -0.4 is 10.1 Å². The zero-order valence-corrected chi connectivity index (χ0v) is 35.0. The molecule has 1 aliphatic rings. The van der Waals surface area contributed by atoms with Crippen LogP contribution in [0.5, 0.6) is 5.75 Å². The quantitative estimate of drug-likeness (QED) is 0.0458. The van der Waals surface area contributed by atoms with Crippen LogP contribution in [-0.2, 0) is 52.1 Å². The van der Waals surface area contributed by atoms with Crippen LogP contribution in [0.25, 0.3) is 11.1 Å². The van der Waals surface area contributed by atoms with Gasteiger partial charge in [0.2, 0.25) is 0 Å². The maximum absolute atomic E-state index is 12.3. The van der Waals surface area contributed by atoms with Crippen LogP contribution in [0.1, 0.15) is 23.5 Å². The number of benzene rings is 3. The molecule has 3 aromatic carbocycles. The fraction of sp³-hybridized carbons (Fsp3) is 0.568. The molecule has 0 atom stereocenters. The minimum atomic E-state index is -0.453. The average Bonchev–Trinajstić information content (AvgIpc) is 3.60. The fourth-order valence-corrected chi connectivity index (χ4v) is 5.98. The van der Waals surface area contributed by atoms with E-state index in [9.17, 15) is 14.9 Å². The molecule has 1 amide bonds. The summed E-state index contributed by atoms with van der Waals surface area (Å²) in [6, 6.07) is 22.4. The third-order valence-corrected chi connectivity index (χ3v) is 8.97. The standard InChI is InChI=1S/C44H62N2O15/c47-44(61-36-43-41-8-3-1-6-39(41)40-7-2-4-9-42(40)43)45-14-5-15-50-16-17-51-18-19-52-20-21-53-22-23-54-24-25-55-26-27-56-28-29-57-30-31-58-32-33-59-34-35-60-38-12-10-37(11-13-38)46(48)49/h1-4,6-13,43H,5,14-36H2,(H,45,47). The second-order valence-electron chi connectivity index (χ2n) is 13.3. The van der Waals surface area contributed by atoms with Crippen LogP contribution in [0.2, 0.25) is 0 Å². The Morgan fingerprint density at radius 3 is 1.25 bits per heavy atom. The van der Waals surface area contributed by atoms with Gasteiger partial charge in [0, 0.05) is 31.2 Å². The first-order valence-corrected chi connectivity index (χ1v) is 20.9. The zero-order valence-electron chi connectivity index (χ0n) is 35.0. The lowest BCUT2D eigenvalue weighted by molar-refractivity contribution is -0.384. The third kappa shape index (κ3) is 21.4. The predicted octanol–water partition coefficient (Wildman–Crippen LogP) is 5.07. The van der Waals surface area contributed by atoms with Crippen molar-refractivity contribution in [2.75, 3.05) is 152 Å². The molecular formula is C44H62N2O15. The SMILES string of the molecule is O=C(NCCCOCCOCCOCCOCCOCCOCCOCCOCCOCCOCCOc1ccc([N+](=O)[O-])cc1)OCC1c2ccccc2-c2ccccc21. The van der Waals surface area contributed by atoms with E-state index < -0.39 is 11.0 Å². The van der Waals surface area contributed by atoms with E-state index in [0.29, 0.717) is 164 Å². The number of hydrogen-bond acceptors (Lipinski definition) is 15. The summed E-state index contributed by atoms with van der Waals surface area (Å²) in [5, 5.41) is 13.5. The van der Waals surface area contributed by atoms with Crippen LogP contribution >= 0.6 is 0 Å². The largest absolute Gasteiger partial charge is 0.491 e. The van der Waals surface area contributed by atoms with Crippen molar-refractivity contribution < 1.29 is 66.6 Å². The smallest absolute Gasteiger partial charge is 0.407 e. The van der Waals surface area contributed by atoms with Crippen molar-refractivity contribution in [3.8, 4) is 16.9 Å². The zero-order chi connectivity index (χ0) is 42.8. The highest BCUT2D eigenvalue weighted by atomic mass is 16.6. The third-order valence-electron chi connectivity index (χ3n) is 8.97. The molecule has 0 spiro atoms. The minimum Gasteiger partial charge on any atom is -0.491 e. The first-order valence-electron chi connectivity index (χ1n) is 20.9. The lowest BCUT2D eigenvalue weighted by atomic mass is 9.98. The molecule has 3 aromatic rings. The van der Waals surface area contributed by atoms with E-state index >= 15 is 0 Å². The van der Waals surface area contributed by atoms with Gasteiger partial charge in [0.05, 0.1) is 130 Å². The Morgan fingerprint density at radius 1 is 0.492 bits per heavy atom. The molecule has 338 valence electrons. The van der Waals surface area contributed by atoms with Crippen LogP contribution in [0.3, 0.4) is 0 Å². The van der Waals surface area contributed by atoms with Gasteiger partial charge in [-0.2, -0.15) is 0 Å². The molecule has 0 unspecified atom stereocenters. The highest BCUT2D eigenvalue weighted by Gasteiger charge is 2.29. The number of carbonyl (C=O) groups is 1. The summed E-state index contributed by atoms with van der Waals surface area (Å²) in [4.78, 5) is 22.5. The van der Waals surface area contributed by atoms with Crippen molar-refractivity contribution in [1.29, 1.82) is 0 Å². The number of rotatable bonds is 38. The molecule has 4 rings (SSSR count). The molecule has 0 heterocycles. The normalized spacial score (nSPS) is 12.0. The summed E-state index contributed by atoms with van der Waals surface area (Å²) < 4.78 is 66.0. The number of alkyl carbamates (subject to hydrolysis) is 1. The molecule has 0 aliphatic heterocycles. The molecule has 61 heavy (non-hydrogen) atoms. The summed E-state index contributed by atoms with van der Waals surface area (Å²) in [6.45, 7) is 10.4. The second-order valence-corrected chi connectivity index (χ2v) is 13.3. The van der Waals surface area contributed by atoms with E-state index in [1.165, 1.54) is 34.4 Å². The number of fused-ring (bicyclic) bond motifs is 3. The monoisotopic (exact) mass is 858 g/mol. The summed E-state index contributed by atoms with van der Waals surface area (Å²) in [5.41, 5.74) is 4.81. The van der Waals surface area contributed by atoms with Crippen LogP contribution in [0.4, 0.5) is 10.5 Å². The number of carbonyl (C=O) groups excluding carboxylic acids is 1. The number of hydrogen-bond donors (Lipinski definition) is 1. The van der Waals surface area contributed by atoms with Crippen molar-refractivity contribution in [1.82, 2.24) is 5.32 Å². The van der Waals surface area contributed by atoms with Crippen LogP contribution in [-0.4, -0.2) is 163 Å². The number of ether oxygens (including phenoxy) is 12. The summed E-state index contributed by atoms with van der Waals surface area (Å²) in [5.74, 6) is 0.594. The van der Waals surface area contributed by atoms with Gasteiger partial charge in [-0.25, -0.2) is 4.79 Å². The van der Waals surface area contributed by atoms with E-state index in [4.69, 9.17) is 56.8 Å². The van der Waals surface area contributed by atoms with Gasteiger partial charge in [-0.05, 0) is 40.8 Å². The number of amides is 1. The number of nitrogens with zero attached hydrogens (tertiary/aromatic N) is 1. The fourth-order valence-electron chi connectivity index (χ4n) is 5.98. The number of nitro groups is 1. The first kappa shape index (κ1) is 49.4. The lowest BCUT2D eigenvalue weighted by Gasteiger charge is -2.14. The summed E-state index contributed by atoms with van der Waals surface area (Å²) in [7, 11) is 0. The summed E-state index contributed by atoms with van der Waals surface area (Å²) in [6.07, 6.45) is 0.255. The van der Waals surface area contributed by atoms with Gasteiger partial charge in [0.1, 0.15) is 19.0 Å². The van der Waals surface area contributed by atoms with Gasteiger partial charge in [-0.1, -0.05) is 48.5 Å². The number of non-ortho nitro benzene ring substituents is 1. The van der Waals surface area contributed by atoms with Gasteiger partial charge in [0.15, 0.2) is 0 Å². The van der Waals surface area contributed by atoms with E-state index in [-0.39, 0.29) is 11.6 Å². The molecule has 0 aromatic heterocycles. The number of nitrogens with one attached hydrogen (secondary N) is 1. The maximum atomic E-state index is 12.3. The van der Waals surface area contributed by atoms with Crippen molar-refractivity contribution in [3.05, 3.63) is 94.0 Å². The van der Waals surface area contributed by atoms with Gasteiger partial charge in [-0.3, -0.25) is 10.1 Å². The second kappa shape index (κ2) is 32.4. The van der Waals surface area contributed by atoms with Crippen LogP contribution in [0, 0.1) is 10.1 Å². The van der Waals surface area contributed by atoms with Crippen molar-refractivity contribution in [3.63, 3.8) is 0 Å². The topological polar surface area (TPSA) is 183 Å². The molecule has 0 radical (unpaired) electrons. The van der Waals surface area contributed by atoms with Crippen molar-refractivity contribution in [2.45, 2.75) is 12.3 Å². The molecule has 1 aliphatic carbocycles. The van der Waals surface area contributed by atoms with Crippen LogP contribution in [0.15, 0.2) is 72.8 Å². The van der Waals surface area contributed by atoms with Gasteiger partial charge < -0.3 is 62.2 Å². The Hall–Kier alpha value is -4.27. The molecule has 0 bridgehead atoms. The molecule has 0 saturated carbocycles. The molecule has 17 heteroatoms. The van der Waals surface area contributed by atoms with Crippen molar-refractivity contribution in [2.24, 2.45) is 0 Å². The Balaban J connectivity index is 0.772.